The van der Waals surface area contributed by atoms with Gasteiger partial charge in [-0.25, -0.2) is 0 Å². The van der Waals surface area contributed by atoms with Crippen LogP contribution in [0.3, 0.4) is 0 Å². The fourth-order valence-electron chi connectivity index (χ4n) is 2.48. The molecule has 2 atom stereocenters. The Hall–Kier alpha value is -1.53. The minimum absolute atomic E-state index is 0.0424. The predicted molar refractivity (Wildman–Crippen MR) is 64.7 cm³/mol. The van der Waals surface area contributed by atoms with E-state index in [0.29, 0.717) is 13.0 Å². The zero-order chi connectivity index (χ0) is 12.5. The summed E-state index contributed by atoms with van der Waals surface area (Å²) < 4.78 is 5.55. The molecular weight excluding hydrogens is 214 g/mol. The van der Waals surface area contributed by atoms with Gasteiger partial charge in [-0.05, 0) is 12.0 Å². The van der Waals surface area contributed by atoms with Crippen LogP contribution in [-0.2, 0) is 5.41 Å². The predicted octanol–water partition coefficient (Wildman–Crippen LogP) is 2.25. The van der Waals surface area contributed by atoms with E-state index >= 15 is 0 Å². The fourth-order valence-corrected chi connectivity index (χ4v) is 2.48. The maximum Gasteiger partial charge on any atom is 0.124 e. The number of para-hydroxylation sites is 1. The van der Waals surface area contributed by atoms with Crippen molar-refractivity contribution in [1.82, 2.24) is 0 Å². The minimum atomic E-state index is -0.830. The highest BCUT2D eigenvalue weighted by Crippen LogP contribution is 2.42. The summed E-state index contributed by atoms with van der Waals surface area (Å²) in [4.78, 5) is 0. The molecule has 1 aromatic rings. The van der Waals surface area contributed by atoms with Crippen LogP contribution in [0.1, 0.15) is 25.8 Å². The molecule has 1 N–H and O–H groups in total. The van der Waals surface area contributed by atoms with Crippen LogP contribution in [0, 0.1) is 17.2 Å². The summed E-state index contributed by atoms with van der Waals surface area (Å²) in [6.07, 6.45) is -0.127. The number of hydrogen-bond acceptors (Lipinski definition) is 3. The Bertz CT molecular complexity index is 450. The first-order chi connectivity index (χ1) is 8.12. The molecule has 0 bridgehead atoms. The summed E-state index contributed by atoms with van der Waals surface area (Å²) in [7, 11) is 0. The lowest BCUT2D eigenvalue weighted by atomic mass is 9.70. The standard InChI is InChI=1S/C14H17NO2/c1-10(2)13(16)14(9-15)7-8-17-12-6-4-3-5-11(12)14/h3-6,10,13,16H,7-8H2,1-2H3. The molecule has 1 heterocycles. The second-order valence-corrected chi connectivity index (χ2v) is 4.87. The maximum atomic E-state index is 10.4. The van der Waals surface area contributed by atoms with Crippen LogP contribution >= 0.6 is 0 Å². The Morgan fingerprint density at radius 3 is 2.76 bits per heavy atom. The maximum absolute atomic E-state index is 10.4. The summed E-state index contributed by atoms with van der Waals surface area (Å²) in [5.41, 5.74) is -0.0156. The summed E-state index contributed by atoms with van der Waals surface area (Å²) in [6.45, 7) is 4.35. The van der Waals surface area contributed by atoms with Gasteiger partial charge in [-0.3, -0.25) is 0 Å². The third-order valence-corrected chi connectivity index (χ3v) is 3.46. The van der Waals surface area contributed by atoms with Crippen LogP contribution in [-0.4, -0.2) is 17.8 Å². The van der Waals surface area contributed by atoms with E-state index in [1.54, 1.807) is 0 Å². The Morgan fingerprint density at radius 1 is 1.41 bits per heavy atom. The number of aliphatic hydroxyl groups excluding tert-OH is 1. The average Bonchev–Trinajstić information content (AvgIpc) is 2.37. The van der Waals surface area contributed by atoms with Crippen molar-refractivity contribution >= 4 is 0 Å². The van der Waals surface area contributed by atoms with E-state index in [4.69, 9.17) is 4.74 Å². The molecule has 3 heteroatoms. The molecule has 2 rings (SSSR count). The smallest absolute Gasteiger partial charge is 0.124 e. The van der Waals surface area contributed by atoms with E-state index in [-0.39, 0.29) is 5.92 Å². The lowest BCUT2D eigenvalue weighted by molar-refractivity contribution is 0.0448. The zero-order valence-corrected chi connectivity index (χ0v) is 10.2. The van der Waals surface area contributed by atoms with Crippen LogP contribution in [0.2, 0.25) is 0 Å². The van der Waals surface area contributed by atoms with Gasteiger partial charge in [0.15, 0.2) is 0 Å². The number of nitriles is 1. The topological polar surface area (TPSA) is 53.2 Å². The number of ether oxygens (including phenoxy) is 1. The van der Waals surface area contributed by atoms with Crippen molar-refractivity contribution in [1.29, 1.82) is 5.26 Å². The number of hydrogen-bond donors (Lipinski definition) is 1. The highest BCUT2D eigenvalue weighted by atomic mass is 16.5. The first-order valence-electron chi connectivity index (χ1n) is 5.93. The second-order valence-electron chi connectivity index (χ2n) is 4.87. The Morgan fingerprint density at radius 2 is 2.12 bits per heavy atom. The molecule has 0 fully saturated rings. The summed E-state index contributed by atoms with van der Waals surface area (Å²) in [6, 6.07) is 9.82. The molecule has 0 aliphatic carbocycles. The molecular formula is C14H17NO2. The van der Waals surface area contributed by atoms with Crippen molar-refractivity contribution in [3.63, 3.8) is 0 Å². The third kappa shape index (κ3) is 1.79. The zero-order valence-electron chi connectivity index (χ0n) is 10.2. The highest BCUT2D eigenvalue weighted by Gasteiger charge is 2.45. The summed E-state index contributed by atoms with van der Waals surface area (Å²) >= 11 is 0. The van der Waals surface area contributed by atoms with Crippen molar-refractivity contribution in [3.8, 4) is 11.8 Å². The van der Waals surface area contributed by atoms with E-state index < -0.39 is 11.5 Å². The molecule has 2 unspecified atom stereocenters. The van der Waals surface area contributed by atoms with E-state index in [9.17, 15) is 10.4 Å². The van der Waals surface area contributed by atoms with Gasteiger partial charge in [0.2, 0.25) is 0 Å². The molecule has 1 aromatic carbocycles. The van der Waals surface area contributed by atoms with Gasteiger partial charge >= 0.3 is 0 Å². The van der Waals surface area contributed by atoms with Crippen LogP contribution in [0.5, 0.6) is 5.75 Å². The van der Waals surface area contributed by atoms with Crippen molar-refractivity contribution in [2.45, 2.75) is 31.8 Å². The summed E-state index contributed by atoms with van der Waals surface area (Å²) in [5.74, 6) is 0.765. The van der Waals surface area contributed by atoms with Crippen molar-refractivity contribution in [2.75, 3.05) is 6.61 Å². The number of aliphatic hydroxyl groups is 1. The van der Waals surface area contributed by atoms with Gasteiger partial charge < -0.3 is 9.84 Å². The first kappa shape index (κ1) is 11.9. The van der Waals surface area contributed by atoms with E-state index in [2.05, 4.69) is 6.07 Å². The molecule has 0 saturated carbocycles. The first-order valence-corrected chi connectivity index (χ1v) is 5.93. The van der Waals surface area contributed by atoms with Crippen molar-refractivity contribution < 1.29 is 9.84 Å². The number of nitrogens with zero attached hydrogens (tertiary/aromatic N) is 1. The minimum Gasteiger partial charge on any atom is -0.493 e. The lowest BCUT2D eigenvalue weighted by Crippen LogP contribution is -2.45. The second kappa shape index (κ2) is 4.38. The molecule has 1 aliphatic heterocycles. The van der Waals surface area contributed by atoms with Crippen molar-refractivity contribution in [3.05, 3.63) is 29.8 Å². The molecule has 0 spiro atoms. The van der Waals surface area contributed by atoms with Gasteiger partial charge in [-0.2, -0.15) is 5.26 Å². The molecule has 0 amide bonds. The average molecular weight is 231 g/mol. The largest absolute Gasteiger partial charge is 0.493 e. The number of benzene rings is 1. The molecule has 90 valence electrons. The van der Waals surface area contributed by atoms with Gasteiger partial charge in [-0.1, -0.05) is 32.0 Å². The molecule has 3 nitrogen and oxygen atoms in total. The van der Waals surface area contributed by atoms with E-state index in [0.717, 1.165) is 11.3 Å². The van der Waals surface area contributed by atoms with Crippen LogP contribution in [0.4, 0.5) is 0 Å². The normalized spacial score (nSPS) is 24.6. The van der Waals surface area contributed by atoms with Crippen LogP contribution < -0.4 is 4.74 Å². The molecule has 0 saturated heterocycles. The molecule has 0 aromatic heterocycles. The Kier molecular flexibility index (Phi) is 3.08. The number of fused-ring (bicyclic) bond motifs is 1. The van der Waals surface area contributed by atoms with E-state index in [1.807, 2.05) is 38.1 Å². The van der Waals surface area contributed by atoms with Gasteiger partial charge in [0.1, 0.15) is 11.2 Å². The number of rotatable bonds is 2. The van der Waals surface area contributed by atoms with Gasteiger partial charge in [0.25, 0.3) is 0 Å². The van der Waals surface area contributed by atoms with Gasteiger partial charge in [0.05, 0.1) is 18.8 Å². The summed E-state index contributed by atoms with van der Waals surface area (Å²) in [5, 5.41) is 19.9. The van der Waals surface area contributed by atoms with Crippen molar-refractivity contribution in [2.24, 2.45) is 5.92 Å². The lowest BCUT2D eigenvalue weighted by Gasteiger charge is -2.38. The molecule has 1 aliphatic rings. The SMILES string of the molecule is CC(C)C(O)C1(C#N)CCOc2ccccc21. The Labute approximate surface area is 102 Å². The fraction of sp³-hybridized carbons (Fsp3) is 0.500. The van der Waals surface area contributed by atoms with Crippen LogP contribution in [0.15, 0.2) is 24.3 Å². The quantitative estimate of drug-likeness (QED) is 0.849. The van der Waals surface area contributed by atoms with Gasteiger partial charge in [-0.15, -0.1) is 0 Å². The van der Waals surface area contributed by atoms with E-state index in [1.165, 1.54) is 0 Å². The van der Waals surface area contributed by atoms with Gasteiger partial charge in [0, 0.05) is 12.0 Å². The highest BCUT2D eigenvalue weighted by molar-refractivity contribution is 5.46. The third-order valence-electron chi connectivity index (χ3n) is 3.46. The molecule has 17 heavy (non-hydrogen) atoms. The molecule has 0 radical (unpaired) electrons. The monoisotopic (exact) mass is 231 g/mol. The van der Waals surface area contributed by atoms with Crippen LogP contribution in [0.25, 0.3) is 0 Å². The Balaban J connectivity index is 2.54.